The summed E-state index contributed by atoms with van der Waals surface area (Å²) in [5, 5.41) is 11.7. The Morgan fingerprint density at radius 1 is 0.786 bits per heavy atom. The summed E-state index contributed by atoms with van der Waals surface area (Å²) in [5.74, 6) is -0.991. The van der Waals surface area contributed by atoms with E-state index in [1.807, 2.05) is 48.5 Å². The average Bonchev–Trinajstić information content (AvgIpc) is 3.36. The number of carbonyl (C=O) groups is 1. The van der Waals surface area contributed by atoms with Gasteiger partial charge in [0.05, 0.1) is 12.1 Å². The first kappa shape index (κ1) is 27.6. The second kappa shape index (κ2) is 11.7. The third kappa shape index (κ3) is 5.49. The van der Waals surface area contributed by atoms with Crippen molar-refractivity contribution in [2.45, 2.75) is 6.42 Å². The lowest BCUT2D eigenvalue weighted by Crippen LogP contribution is -2.06. The fourth-order valence-corrected chi connectivity index (χ4v) is 5.75. The topological polar surface area (TPSA) is 51.5 Å². The minimum Gasteiger partial charge on any atom is -0.492 e. The molecule has 0 amide bonds. The molecule has 1 heterocycles. The molecule has 42 heavy (non-hydrogen) atoms. The molecule has 208 valence electrons. The van der Waals surface area contributed by atoms with Crippen molar-refractivity contribution in [1.29, 1.82) is 0 Å². The van der Waals surface area contributed by atoms with Crippen LogP contribution in [0.2, 0.25) is 10.0 Å². The number of aromatic carboxylic acids is 1. The first-order valence-corrected chi connectivity index (χ1v) is 14.0. The molecule has 6 aromatic rings. The summed E-state index contributed by atoms with van der Waals surface area (Å²) < 4.78 is 21.6. The first-order valence-electron chi connectivity index (χ1n) is 13.3. The number of ether oxygens (including phenoxy) is 1. The van der Waals surface area contributed by atoms with Crippen molar-refractivity contribution in [2.75, 3.05) is 6.61 Å². The van der Waals surface area contributed by atoms with E-state index in [0.717, 1.165) is 44.4 Å². The number of aromatic nitrogens is 1. The molecule has 0 unspecified atom stereocenters. The van der Waals surface area contributed by atoms with E-state index in [-0.39, 0.29) is 18.0 Å². The highest BCUT2D eigenvalue weighted by Crippen LogP contribution is 2.36. The molecule has 0 saturated heterocycles. The van der Waals surface area contributed by atoms with Crippen molar-refractivity contribution in [3.8, 4) is 33.7 Å². The van der Waals surface area contributed by atoms with E-state index in [1.54, 1.807) is 30.3 Å². The van der Waals surface area contributed by atoms with Gasteiger partial charge in [-0.2, -0.15) is 0 Å². The van der Waals surface area contributed by atoms with E-state index in [9.17, 15) is 14.3 Å². The van der Waals surface area contributed by atoms with Crippen LogP contribution in [0.4, 0.5) is 4.39 Å². The molecule has 0 fully saturated rings. The molecule has 0 bridgehead atoms. The predicted molar refractivity (Wildman–Crippen MR) is 167 cm³/mol. The Labute approximate surface area is 252 Å². The lowest BCUT2D eigenvalue weighted by Gasteiger charge is -2.10. The number of para-hydroxylation sites is 1. The number of hydrogen-bond acceptors (Lipinski definition) is 2. The van der Waals surface area contributed by atoms with Crippen LogP contribution in [0.25, 0.3) is 38.8 Å². The van der Waals surface area contributed by atoms with Crippen LogP contribution >= 0.6 is 23.2 Å². The number of rotatable bonds is 8. The summed E-state index contributed by atoms with van der Waals surface area (Å²) in [6, 6.07) is 32.7. The van der Waals surface area contributed by atoms with Crippen LogP contribution in [-0.2, 0) is 6.42 Å². The second-order valence-electron chi connectivity index (χ2n) is 9.81. The highest BCUT2D eigenvalue weighted by Gasteiger charge is 2.15. The Balaban J connectivity index is 1.37. The SMILES string of the molecule is O=C(O)c1ccccc1OCCc1cn(-c2ccc(-c3c(Cl)cccc3Cl)cc2)c2ccc(-c3ccc(F)cc3)cc12. The molecule has 5 aromatic carbocycles. The maximum absolute atomic E-state index is 13.6. The summed E-state index contributed by atoms with van der Waals surface area (Å²) in [6.45, 7) is 0.286. The number of carboxylic acid groups (broad SMARTS) is 1. The lowest BCUT2D eigenvalue weighted by atomic mass is 10.0. The molecule has 0 aliphatic carbocycles. The van der Waals surface area contributed by atoms with Gasteiger partial charge in [0.2, 0.25) is 0 Å². The zero-order chi connectivity index (χ0) is 29.2. The number of nitrogens with zero attached hydrogens (tertiary/aromatic N) is 1. The Bertz CT molecular complexity index is 1890. The molecule has 0 spiro atoms. The minimum atomic E-state index is -1.03. The van der Waals surface area contributed by atoms with Gasteiger partial charge in [0.1, 0.15) is 17.1 Å². The summed E-state index contributed by atoms with van der Waals surface area (Å²) >= 11 is 12.9. The molecule has 4 nitrogen and oxygen atoms in total. The Kier molecular flexibility index (Phi) is 7.70. The molecule has 1 N–H and O–H groups in total. The Hall–Kier alpha value is -4.58. The zero-order valence-electron chi connectivity index (χ0n) is 22.2. The van der Waals surface area contributed by atoms with Gasteiger partial charge in [-0.15, -0.1) is 0 Å². The van der Waals surface area contributed by atoms with Crippen LogP contribution in [-0.4, -0.2) is 22.2 Å². The van der Waals surface area contributed by atoms with E-state index < -0.39 is 5.97 Å². The van der Waals surface area contributed by atoms with Crippen molar-refractivity contribution in [1.82, 2.24) is 4.57 Å². The maximum atomic E-state index is 13.6. The van der Waals surface area contributed by atoms with Gasteiger partial charge in [-0.1, -0.05) is 71.7 Å². The highest BCUT2D eigenvalue weighted by atomic mass is 35.5. The predicted octanol–water partition coefficient (Wildman–Crippen LogP) is 9.73. The molecule has 0 atom stereocenters. The van der Waals surface area contributed by atoms with Crippen molar-refractivity contribution < 1.29 is 19.0 Å². The van der Waals surface area contributed by atoms with E-state index >= 15 is 0 Å². The van der Waals surface area contributed by atoms with Crippen molar-refractivity contribution in [3.63, 3.8) is 0 Å². The largest absolute Gasteiger partial charge is 0.492 e. The fraction of sp³-hybridized carbons (Fsp3) is 0.0571. The Morgan fingerprint density at radius 3 is 2.17 bits per heavy atom. The number of halogens is 3. The fourth-order valence-electron chi connectivity index (χ4n) is 5.14. The lowest BCUT2D eigenvalue weighted by molar-refractivity contribution is 0.0692. The van der Waals surface area contributed by atoms with Crippen molar-refractivity contribution in [2.24, 2.45) is 0 Å². The van der Waals surface area contributed by atoms with Crippen LogP contribution in [0, 0.1) is 5.82 Å². The van der Waals surface area contributed by atoms with Gasteiger partial charge in [-0.25, -0.2) is 9.18 Å². The molecule has 0 radical (unpaired) electrons. The number of fused-ring (bicyclic) bond motifs is 1. The van der Waals surface area contributed by atoms with Crippen LogP contribution in [0.1, 0.15) is 15.9 Å². The molecule has 0 aliphatic rings. The quantitative estimate of drug-likeness (QED) is 0.190. The van der Waals surface area contributed by atoms with Gasteiger partial charge in [-0.05, 0) is 82.9 Å². The average molecular weight is 596 g/mol. The number of hydrogen-bond donors (Lipinski definition) is 1. The summed E-state index contributed by atoms with van der Waals surface area (Å²) in [7, 11) is 0. The monoisotopic (exact) mass is 595 g/mol. The van der Waals surface area contributed by atoms with Crippen LogP contribution in [0.15, 0.2) is 115 Å². The standard InChI is InChI=1S/C35H24Cl2FNO3/c36-30-5-3-6-31(37)34(30)23-10-15-27(16-11-23)39-21-25(18-19-42-33-7-2-1-4-28(33)35(40)41)29-20-24(12-17-32(29)39)22-8-13-26(38)14-9-22/h1-17,20-21H,18-19H2,(H,40,41). The molecule has 6 rings (SSSR count). The van der Waals surface area contributed by atoms with Crippen LogP contribution in [0.5, 0.6) is 5.75 Å². The summed E-state index contributed by atoms with van der Waals surface area (Å²) in [5.41, 5.74) is 6.66. The molecule has 0 saturated carbocycles. The Morgan fingerprint density at radius 2 is 1.45 bits per heavy atom. The summed E-state index contributed by atoms with van der Waals surface area (Å²) in [6.07, 6.45) is 2.61. The molecule has 1 aromatic heterocycles. The first-order chi connectivity index (χ1) is 20.4. The molecular formula is C35H24Cl2FNO3. The van der Waals surface area contributed by atoms with Crippen molar-refractivity contribution >= 4 is 40.1 Å². The van der Waals surface area contributed by atoms with Gasteiger partial charge in [0.15, 0.2) is 0 Å². The minimum absolute atomic E-state index is 0.122. The van der Waals surface area contributed by atoms with Crippen LogP contribution < -0.4 is 4.74 Å². The third-order valence-electron chi connectivity index (χ3n) is 7.21. The molecular weight excluding hydrogens is 572 g/mol. The highest BCUT2D eigenvalue weighted by molar-refractivity contribution is 6.39. The summed E-state index contributed by atoms with van der Waals surface area (Å²) in [4.78, 5) is 11.6. The van der Waals surface area contributed by atoms with E-state index in [0.29, 0.717) is 22.2 Å². The maximum Gasteiger partial charge on any atom is 0.339 e. The smallest absolute Gasteiger partial charge is 0.339 e. The molecule has 7 heteroatoms. The van der Waals surface area contributed by atoms with Gasteiger partial charge >= 0.3 is 5.97 Å². The number of benzene rings is 5. The van der Waals surface area contributed by atoms with Gasteiger partial charge in [0, 0.05) is 39.3 Å². The van der Waals surface area contributed by atoms with E-state index in [4.69, 9.17) is 27.9 Å². The zero-order valence-corrected chi connectivity index (χ0v) is 23.7. The van der Waals surface area contributed by atoms with E-state index in [2.05, 4.69) is 22.9 Å². The number of carboxylic acids is 1. The van der Waals surface area contributed by atoms with Crippen molar-refractivity contribution in [3.05, 3.63) is 142 Å². The third-order valence-corrected chi connectivity index (χ3v) is 7.84. The van der Waals surface area contributed by atoms with Gasteiger partial charge in [0.25, 0.3) is 0 Å². The normalized spacial score (nSPS) is 11.1. The molecule has 0 aliphatic heterocycles. The van der Waals surface area contributed by atoms with Crippen LogP contribution in [0.3, 0.4) is 0 Å². The van der Waals surface area contributed by atoms with Gasteiger partial charge in [-0.3, -0.25) is 0 Å². The second-order valence-corrected chi connectivity index (χ2v) is 10.6. The van der Waals surface area contributed by atoms with Gasteiger partial charge < -0.3 is 14.4 Å². The van der Waals surface area contributed by atoms with E-state index in [1.165, 1.54) is 18.2 Å².